The molecule has 0 saturated carbocycles. The summed E-state index contributed by atoms with van der Waals surface area (Å²) in [5.74, 6) is 0.124. The van der Waals surface area contributed by atoms with Gasteiger partial charge in [-0.05, 0) is 12.1 Å². The highest BCUT2D eigenvalue weighted by Crippen LogP contribution is 2.09. The number of aromatic nitrogens is 2. The zero-order valence-corrected chi connectivity index (χ0v) is 13.4. The standard InChI is InChI=1S/C17H22N4O2/c1-19(17(22)14-20-7-9-23-10-8-20)12-15-11-18-21(13-15)16-5-3-2-4-6-16/h2-6,11,13H,7-10,12,14H2,1H3. The minimum atomic E-state index is 0.124. The van der Waals surface area contributed by atoms with Crippen LogP contribution in [0.2, 0.25) is 0 Å². The maximum atomic E-state index is 12.3. The summed E-state index contributed by atoms with van der Waals surface area (Å²) in [5.41, 5.74) is 2.03. The lowest BCUT2D eigenvalue weighted by Crippen LogP contribution is -2.43. The fourth-order valence-electron chi connectivity index (χ4n) is 2.60. The monoisotopic (exact) mass is 314 g/mol. The molecule has 0 unspecified atom stereocenters. The first-order valence-electron chi connectivity index (χ1n) is 7.85. The first kappa shape index (κ1) is 15.7. The van der Waals surface area contributed by atoms with E-state index in [0.717, 1.165) is 24.3 Å². The highest BCUT2D eigenvalue weighted by molar-refractivity contribution is 5.78. The molecule has 0 spiro atoms. The Kier molecular flexibility index (Phi) is 5.05. The molecule has 1 aliphatic heterocycles. The van der Waals surface area contributed by atoms with Crippen molar-refractivity contribution in [1.82, 2.24) is 19.6 Å². The Morgan fingerprint density at radius 3 is 2.74 bits per heavy atom. The normalized spacial score (nSPS) is 15.5. The largest absolute Gasteiger partial charge is 0.379 e. The molecule has 23 heavy (non-hydrogen) atoms. The maximum absolute atomic E-state index is 12.3. The molecule has 2 heterocycles. The number of para-hydroxylation sites is 1. The molecule has 0 N–H and O–H groups in total. The molecule has 1 aliphatic rings. The van der Waals surface area contributed by atoms with Crippen LogP contribution < -0.4 is 0 Å². The van der Waals surface area contributed by atoms with Gasteiger partial charge in [0.2, 0.25) is 5.91 Å². The Labute approximate surface area is 136 Å². The van der Waals surface area contributed by atoms with E-state index >= 15 is 0 Å². The van der Waals surface area contributed by atoms with Crippen LogP contribution in [0.5, 0.6) is 0 Å². The van der Waals surface area contributed by atoms with Gasteiger partial charge in [-0.3, -0.25) is 9.69 Å². The number of rotatable bonds is 5. The highest BCUT2D eigenvalue weighted by atomic mass is 16.5. The maximum Gasteiger partial charge on any atom is 0.236 e. The van der Waals surface area contributed by atoms with Crippen LogP contribution in [0.3, 0.4) is 0 Å². The van der Waals surface area contributed by atoms with E-state index in [4.69, 9.17) is 4.74 Å². The van der Waals surface area contributed by atoms with Crippen LogP contribution in [-0.2, 0) is 16.1 Å². The molecule has 1 aromatic heterocycles. The average Bonchev–Trinajstić information content (AvgIpc) is 3.05. The van der Waals surface area contributed by atoms with E-state index in [2.05, 4.69) is 10.00 Å². The van der Waals surface area contributed by atoms with Gasteiger partial charge in [0.15, 0.2) is 0 Å². The van der Waals surface area contributed by atoms with Gasteiger partial charge in [0.25, 0.3) is 0 Å². The summed E-state index contributed by atoms with van der Waals surface area (Å²) in [6.45, 7) is 4.08. The first-order valence-corrected chi connectivity index (χ1v) is 7.85. The molecule has 0 radical (unpaired) electrons. The predicted molar refractivity (Wildman–Crippen MR) is 87.3 cm³/mol. The van der Waals surface area contributed by atoms with Crippen LogP contribution in [0.1, 0.15) is 5.56 Å². The number of likely N-dealkylation sites (N-methyl/N-ethyl adjacent to an activating group) is 1. The molecular formula is C17H22N4O2. The van der Waals surface area contributed by atoms with E-state index in [1.165, 1.54) is 0 Å². The molecule has 1 aromatic carbocycles. The molecule has 3 rings (SSSR count). The van der Waals surface area contributed by atoms with Gasteiger partial charge in [0.1, 0.15) is 0 Å². The average molecular weight is 314 g/mol. The molecule has 2 aromatic rings. The van der Waals surface area contributed by atoms with Crippen molar-refractivity contribution in [2.45, 2.75) is 6.54 Å². The number of nitrogens with zero attached hydrogens (tertiary/aromatic N) is 4. The predicted octanol–water partition coefficient (Wildman–Crippen LogP) is 1.16. The second-order valence-electron chi connectivity index (χ2n) is 5.77. The van der Waals surface area contributed by atoms with Gasteiger partial charge in [0, 0.05) is 38.4 Å². The van der Waals surface area contributed by atoms with Crippen molar-refractivity contribution in [2.75, 3.05) is 39.9 Å². The number of ether oxygens (including phenoxy) is 1. The Bertz CT molecular complexity index is 635. The van der Waals surface area contributed by atoms with E-state index < -0.39 is 0 Å². The van der Waals surface area contributed by atoms with Gasteiger partial charge in [-0.25, -0.2) is 4.68 Å². The van der Waals surface area contributed by atoms with Gasteiger partial charge < -0.3 is 9.64 Å². The minimum absolute atomic E-state index is 0.124. The number of hydrogen-bond donors (Lipinski definition) is 0. The van der Waals surface area contributed by atoms with Gasteiger partial charge in [-0.1, -0.05) is 18.2 Å². The molecule has 1 fully saturated rings. The van der Waals surface area contributed by atoms with Gasteiger partial charge in [0.05, 0.1) is 31.6 Å². The third kappa shape index (κ3) is 4.18. The van der Waals surface area contributed by atoms with E-state index in [1.807, 2.05) is 54.5 Å². The second-order valence-corrected chi connectivity index (χ2v) is 5.77. The second kappa shape index (κ2) is 7.39. The summed E-state index contributed by atoms with van der Waals surface area (Å²) >= 11 is 0. The van der Waals surface area contributed by atoms with Crippen LogP contribution in [0, 0.1) is 0 Å². The molecule has 1 amide bonds. The number of amides is 1. The highest BCUT2D eigenvalue weighted by Gasteiger charge is 2.17. The molecule has 0 atom stereocenters. The van der Waals surface area contributed by atoms with Crippen LogP contribution >= 0.6 is 0 Å². The summed E-state index contributed by atoms with van der Waals surface area (Å²) in [6, 6.07) is 9.95. The Morgan fingerprint density at radius 1 is 1.26 bits per heavy atom. The SMILES string of the molecule is CN(Cc1cnn(-c2ccccc2)c1)C(=O)CN1CCOCC1. The fraction of sp³-hybridized carbons (Fsp3) is 0.412. The Morgan fingerprint density at radius 2 is 2.00 bits per heavy atom. The van der Waals surface area contributed by atoms with Crippen molar-refractivity contribution in [1.29, 1.82) is 0 Å². The first-order chi connectivity index (χ1) is 11.2. The van der Waals surface area contributed by atoms with E-state index in [1.54, 1.807) is 4.90 Å². The Hall–Kier alpha value is -2.18. The molecular weight excluding hydrogens is 292 g/mol. The summed E-state index contributed by atoms with van der Waals surface area (Å²) < 4.78 is 7.13. The zero-order valence-electron chi connectivity index (χ0n) is 13.4. The van der Waals surface area contributed by atoms with Crippen molar-refractivity contribution in [3.8, 4) is 5.69 Å². The molecule has 6 nitrogen and oxygen atoms in total. The fourth-order valence-corrected chi connectivity index (χ4v) is 2.60. The van der Waals surface area contributed by atoms with Crippen LogP contribution in [-0.4, -0.2) is 65.4 Å². The number of benzene rings is 1. The zero-order chi connectivity index (χ0) is 16.1. The van der Waals surface area contributed by atoms with E-state index in [9.17, 15) is 4.79 Å². The molecule has 0 aliphatic carbocycles. The lowest BCUT2D eigenvalue weighted by atomic mass is 10.3. The summed E-state index contributed by atoms with van der Waals surface area (Å²) in [7, 11) is 1.84. The number of hydrogen-bond acceptors (Lipinski definition) is 4. The van der Waals surface area contributed by atoms with Crippen molar-refractivity contribution >= 4 is 5.91 Å². The topological polar surface area (TPSA) is 50.6 Å². The molecule has 122 valence electrons. The van der Waals surface area contributed by atoms with Gasteiger partial charge in [-0.2, -0.15) is 5.10 Å². The smallest absolute Gasteiger partial charge is 0.236 e. The van der Waals surface area contributed by atoms with Crippen LogP contribution in [0.25, 0.3) is 5.69 Å². The van der Waals surface area contributed by atoms with Crippen LogP contribution in [0.15, 0.2) is 42.7 Å². The summed E-state index contributed by atoms with van der Waals surface area (Å²) in [4.78, 5) is 16.2. The minimum Gasteiger partial charge on any atom is -0.379 e. The summed E-state index contributed by atoms with van der Waals surface area (Å²) in [6.07, 6.45) is 3.78. The van der Waals surface area contributed by atoms with Crippen molar-refractivity contribution in [3.63, 3.8) is 0 Å². The van der Waals surface area contributed by atoms with Crippen molar-refractivity contribution in [3.05, 3.63) is 48.3 Å². The number of carbonyl (C=O) groups is 1. The molecule has 6 heteroatoms. The number of carbonyl (C=O) groups excluding carboxylic acids is 1. The van der Waals surface area contributed by atoms with Crippen molar-refractivity contribution in [2.24, 2.45) is 0 Å². The van der Waals surface area contributed by atoms with Crippen molar-refractivity contribution < 1.29 is 9.53 Å². The molecule has 1 saturated heterocycles. The lowest BCUT2D eigenvalue weighted by molar-refractivity contribution is -0.132. The third-order valence-electron chi connectivity index (χ3n) is 3.96. The van der Waals surface area contributed by atoms with Gasteiger partial charge in [-0.15, -0.1) is 0 Å². The summed E-state index contributed by atoms with van der Waals surface area (Å²) in [5, 5.41) is 4.37. The van der Waals surface area contributed by atoms with Gasteiger partial charge >= 0.3 is 0 Å². The third-order valence-corrected chi connectivity index (χ3v) is 3.96. The van der Waals surface area contributed by atoms with E-state index in [0.29, 0.717) is 26.3 Å². The lowest BCUT2D eigenvalue weighted by Gasteiger charge is -2.27. The van der Waals surface area contributed by atoms with E-state index in [-0.39, 0.29) is 5.91 Å². The number of morpholine rings is 1. The Balaban J connectivity index is 1.56. The molecule has 0 bridgehead atoms. The quantitative estimate of drug-likeness (QED) is 0.831. The van der Waals surface area contributed by atoms with Crippen LogP contribution in [0.4, 0.5) is 0 Å².